The van der Waals surface area contributed by atoms with E-state index in [0.29, 0.717) is 25.2 Å². The fraction of sp³-hybridized carbons (Fsp3) is 0.474. The molecule has 3 rings (SSSR count). The first-order valence-corrected chi connectivity index (χ1v) is 9.02. The number of aromatic nitrogens is 2. The van der Waals surface area contributed by atoms with E-state index in [2.05, 4.69) is 10.1 Å². The molecular weight excluding hydrogens is 351 g/mol. The molecule has 1 atom stereocenters. The SMILES string of the molecule is CC(C)C(=O)N1CCN(C(=O)Cc2noc(-c3cccc(F)c3)n2)C[C@@H]1C. The highest BCUT2D eigenvalue weighted by molar-refractivity contribution is 5.80. The summed E-state index contributed by atoms with van der Waals surface area (Å²) in [6.07, 6.45) is 0.00363. The first kappa shape index (κ1) is 19.0. The van der Waals surface area contributed by atoms with E-state index in [1.807, 2.05) is 25.7 Å². The van der Waals surface area contributed by atoms with Gasteiger partial charge in [-0.25, -0.2) is 4.39 Å². The highest BCUT2D eigenvalue weighted by Gasteiger charge is 2.31. The molecule has 1 saturated heterocycles. The van der Waals surface area contributed by atoms with Crippen LogP contribution in [0.1, 0.15) is 26.6 Å². The fourth-order valence-corrected chi connectivity index (χ4v) is 3.15. The second kappa shape index (κ2) is 7.85. The highest BCUT2D eigenvalue weighted by Crippen LogP contribution is 2.19. The number of rotatable bonds is 4. The van der Waals surface area contributed by atoms with Crippen LogP contribution in [0.2, 0.25) is 0 Å². The van der Waals surface area contributed by atoms with Crippen LogP contribution < -0.4 is 0 Å². The molecule has 8 heteroatoms. The number of halogens is 1. The van der Waals surface area contributed by atoms with Crippen molar-refractivity contribution < 1.29 is 18.5 Å². The zero-order valence-corrected chi connectivity index (χ0v) is 15.7. The molecule has 7 nitrogen and oxygen atoms in total. The van der Waals surface area contributed by atoms with Crippen molar-refractivity contribution in [2.75, 3.05) is 19.6 Å². The summed E-state index contributed by atoms with van der Waals surface area (Å²) in [5.41, 5.74) is 0.468. The van der Waals surface area contributed by atoms with Crippen molar-refractivity contribution >= 4 is 11.8 Å². The molecular formula is C19H23FN4O3. The van der Waals surface area contributed by atoms with Gasteiger partial charge in [-0.2, -0.15) is 4.98 Å². The molecule has 1 fully saturated rings. The monoisotopic (exact) mass is 374 g/mol. The Balaban J connectivity index is 1.61. The Hall–Kier alpha value is -2.77. The van der Waals surface area contributed by atoms with Gasteiger partial charge < -0.3 is 14.3 Å². The zero-order valence-electron chi connectivity index (χ0n) is 15.7. The minimum atomic E-state index is -0.397. The van der Waals surface area contributed by atoms with E-state index in [0.717, 1.165) is 0 Å². The van der Waals surface area contributed by atoms with Crippen LogP contribution in [-0.4, -0.2) is 57.4 Å². The van der Waals surface area contributed by atoms with Gasteiger partial charge >= 0.3 is 0 Å². The van der Waals surface area contributed by atoms with E-state index in [9.17, 15) is 14.0 Å². The lowest BCUT2D eigenvalue weighted by Gasteiger charge is -2.40. The fourth-order valence-electron chi connectivity index (χ4n) is 3.15. The maximum absolute atomic E-state index is 13.3. The van der Waals surface area contributed by atoms with Crippen molar-refractivity contribution in [3.05, 3.63) is 35.9 Å². The summed E-state index contributed by atoms with van der Waals surface area (Å²) in [7, 11) is 0. The third-order valence-corrected chi connectivity index (χ3v) is 4.61. The predicted octanol–water partition coefficient (Wildman–Crippen LogP) is 2.13. The molecule has 1 aliphatic rings. The Morgan fingerprint density at radius 3 is 2.78 bits per heavy atom. The third kappa shape index (κ3) is 4.32. The molecule has 0 N–H and O–H groups in total. The summed E-state index contributed by atoms with van der Waals surface area (Å²) in [6, 6.07) is 5.81. The number of carbonyl (C=O) groups is 2. The molecule has 0 radical (unpaired) electrons. The van der Waals surface area contributed by atoms with E-state index in [-0.39, 0.29) is 41.9 Å². The van der Waals surface area contributed by atoms with Crippen molar-refractivity contribution in [2.24, 2.45) is 5.92 Å². The highest BCUT2D eigenvalue weighted by atomic mass is 19.1. The van der Waals surface area contributed by atoms with Crippen LogP contribution in [-0.2, 0) is 16.0 Å². The van der Waals surface area contributed by atoms with Crippen LogP contribution in [0.4, 0.5) is 4.39 Å². The van der Waals surface area contributed by atoms with Crippen LogP contribution in [0.15, 0.2) is 28.8 Å². The van der Waals surface area contributed by atoms with Crippen LogP contribution in [0.25, 0.3) is 11.5 Å². The quantitative estimate of drug-likeness (QED) is 0.819. The van der Waals surface area contributed by atoms with Gasteiger partial charge in [-0.15, -0.1) is 0 Å². The number of benzene rings is 1. The third-order valence-electron chi connectivity index (χ3n) is 4.61. The van der Waals surface area contributed by atoms with Gasteiger partial charge in [-0.05, 0) is 25.1 Å². The minimum Gasteiger partial charge on any atom is -0.338 e. The second-order valence-electron chi connectivity index (χ2n) is 7.08. The first-order valence-electron chi connectivity index (χ1n) is 9.02. The Morgan fingerprint density at radius 1 is 1.33 bits per heavy atom. The van der Waals surface area contributed by atoms with E-state index < -0.39 is 5.82 Å². The minimum absolute atomic E-state index is 0.00363. The lowest BCUT2D eigenvalue weighted by atomic mass is 10.1. The van der Waals surface area contributed by atoms with Crippen molar-refractivity contribution in [3.63, 3.8) is 0 Å². The number of carbonyl (C=O) groups excluding carboxylic acids is 2. The largest absolute Gasteiger partial charge is 0.338 e. The molecule has 0 bridgehead atoms. The standard InChI is InChI=1S/C19H23FN4O3/c1-12(2)19(26)24-8-7-23(11-13(24)3)17(25)10-16-21-18(27-22-16)14-5-4-6-15(20)9-14/h4-6,9,12-13H,7-8,10-11H2,1-3H3/t13-/m0/s1. The molecule has 0 saturated carbocycles. The molecule has 1 aromatic carbocycles. The maximum Gasteiger partial charge on any atom is 0.258 e. The normalized spacial score (nSPS) is 17.4. The van der Waals surface area contributed by atoms with Crippen LogP contribution in [0.5, 0.6) is 0 Å². The number of piperazine rings is 1. The second-order valence-corrected chi connectivity index (χ2v) is 7.08. The summed E-state index contributed by atoms with van der Waals surface area (Å²) in [4.78, 5) is 32.5. The first-order chi connectivity index (χ1) is 12.8. The Labute approximate surface area is 157 Å². The maximum atomic E-state index is 13.3. The van der Waals surface area contributed by atoms with Gasteiger partial charge in [0.15, 0.2) is 5.82 Å². The molecule has 2 amide bonds. The smallest absolute Gasteiger partial charge is 0.258 e. The summed E-state index contributed by atoms with van der Waals surface area (Å²) in [5, 5.41) is 3.82. The zero-order chi connectivity index (χ0) is 19.6. The molecule has 0 spiro atoms. The summed E-state index contributed by atoms with van der Waals surface area (Å²) >= 11 is 0. The van der Waals surface area contributed by atoms with Crippen LogP contribution >= 0.6 is 0 Å². The Morgan fingerprint density at radius 2 is 2.11 bits per heavy atom. The van der Waals surface area contributed by atoms with Crippen molar-refractivity contribution in [3.8, 4) is 11.5 Å². The average Bonchev–Trinajstić information content (AvgIpc) is 3.09. The number of nitrogens with zero attached hydrogens (tertiary/aromatic N) is 4. The summed E-state index contributed by atoms with van der Waals surface area (Å²) < 4.78 is 18.4. The van der Waals surface area contributed by atoms with E-state index in [1.165, 1.54) is 12.1 Å². The Kier molecular flexibility index (Phi) is 5.53. The molecule has 1 aliphatic heterocycles. The van der Waals surface area contributed by atoms with Gasteiger partial charge in [-0.1, -0.05) is 25.1 Å². The van der Waals surface area contributed by atoms with Crippen LogP contribution in [0, 0.1) is 11.7 Å². The molecule has 27 heavy (non-hydrogen) atoms. The van der Waals surface area contributed by atoms with Gasteiger partial charge in [0.25, 0.3) is 5.89 Å². The molecule has 0 aliphatic carbocycles. The lowest BCUT2D eigenvalue weighted by molar-refractivity contribution is -0.144. The predicted molar refractivity (Wildman–Crippen MR) is 96.0 cm³/mol. The molecule has 0 unspecified atom stereocenters. The van der Waals surface area contributed by atoms with Gasteiger partial charge in [0.05, 0.1) is 6.42 Å². The van der Waals surface area contributed by atoms with E-state index in [1.54, 1.807) is 17.0 Å². The summed E-state index contributed by atoms with van der Waals surface area (Å²) in [6.45, 7) is 7.17. The number of hydrogen-bond donors (Lipinski definition) is 0. The molecule has 2 aromatic rings. The molecule has 2 heterocycles. The summed E-state index contributed by atoms with van der Waals surface area (Å²) in [5.74, 6) is -0.0374. The average molecular weight is 374 g/mol. The van der Waals surface area contributed by atoms with Gasteiger partial charge in [0.1, 0.15) is 5.82 Å². The number of amides is 2. The Bertz CT molecular complexity index is 836. The van der Waals surface area contributed by atoms with Crippen molar-refractivity contribution in [2.45, 2.75) is 33.2 Å². The topological polar surface area (TPSA) is 79.5 Å². The van der Waals surface area contributed by atoms with Gasteiger partial charge in [0.2, 0.25) is 11.8 Å². The van der Waals surface area contributed by atoms with Gasteiger partial charge in [0, 0.05) is 37.2 Å². The van der Waals surface area contributed by atoms with Crippen LogP contribution in [0.3, 0.4) is 0 Å². The van der Waals surface area contributed by atoms with Crippen molar-refractivity contribution in [1.82, 2.24) is 19.9 Å². The number of hydrogen-bond acceptors (Lipinski definition) is 5. The molecule has 1 aromatic heterocycles. The lowest BCUT2D eigenvalue weighted by Crippen LogP contribution is -2.56. The van der Waals surface area contributed by atoms with Crippen molar-refractivity contribution in [1.29, 1.82) is 0 Å². The van der Waals surface area contributed by atoms with E-state index >= 15 is 0 Å². The van der Waals surface area contributed by atoms with Gasteiger partial charge in [-0.3, -0.25) is 9.59 Å². The van der Waals surface area contributed by atoms with E-state index in [4.69, 9.17) is 4.52 Å². The molecule has 144 valence electrons.